The molecule has 2 heterocycles. The highest BCUT2D eigenvalue weighted by atomic mass is 32.2. The summed E-state index contributed by atoms with van der Waals surface area (Å²) in [5.41, 5.74) is 5.79. The Morgan fingerprint density at radius 2 is 1.84 bits per heavy atom. The van der Waals surface area contributed by atoms with Crippen molar-refractivity contribution in [3.05, 3.63) is 57.9 Å². The van der Waals surface area contributed by atoms with E-state index in [0.29, 0.717) is 0 Å². The van der Waals surface area contributed by atoms with Gasteiger partial charge >= 0.3 is 0 Å². The Labute approximate surface area is 184 Å². The van der Waals surface area contributed by atoms with E-state index in [1.807, 2.05) is 58.0 Å². The van der Waals surface area contributed by atoms with Gasteiger partial charge in [-0.3, -0.25) is 10.1 Å². The number of amides is 1. The first-order valence-electron chi connectivity index (χ1n) is 9.25. The zero-order valence-corrected chi connectivity index (χ0v) is 19.3. The maximum absolute atomic E-state index is 12.6. The van der Waals surface area contributed by atoms with E-state index in [-0.39, 0.29) is 15.0 Å². The average Bonchev–Trinajstić information content (AvgIpc) is 3.25. The highest BCUT2D eigenvalue weighted by Crippen LogP contribution is 2.27. The first kappa shape index (κ1) is 22.4. The van der Waals surface area contributed by atoms with Gasteiger partial charge in [-0.1, -0.05) is 29.5 Å². The molecule has 0 radical (unpaired) electrons. The largest absolute Gasteiger partial charge is 0.317 e. The number of nitriles is 1. The standard InChI is InChI=1S/C21H21N5O3S2/c1-12-7-6-8-13(2)18(12)26-14(3)9-16(15(26)4)10-17(11-22)19(27)23-20-24-25-21(30-20)31(5,28)29/h6-10H,1-5H3,(H,23,24,27)/b17-10-. The average molecular weight is 456 g/mol. The van der Waals surface area contributed by atoms with E-state index >= 15 is 0 Å². The van der Waals surface area contributed by atoms with Crippen LogP contribution in [0, 0.1) is 39.0 Å². The number of para-hydroxylation sites is 1. The van der Waals surface area contributed by atoms with Crippen LogP contribution in [0.5, 0.6) is 0 Å². The van der Waals surface area contributed by atoms with E-state index < -0.39 is 15.7 Å². The summed E-state index contributed by atoms with van der Waals surface area (Å²) in [4.78, 5) is 12.6. The minimum absolute atomic E-state index is 0.00702. The van der Waals surface area contributed by atoms with Crippen molar-refractivity contribution in [2.75, 3.05) is 11.6 Å². The van der Waals surface area contributed by atoms with Crippen molar-refractivity contribution in [3.63, 3.8) is 0 Å². The molecule has 0 atom stereocenters. The Bertz CT molecular complexity index is 1340. The highest BCUT2D eigenvalue weighted by Gasteiger charge is 2.19. The van der Waals surface area contributed by atoms with E-state index in [1.165, 1.54) is 6.08 Å². The van der Waals surface area contributed by atoms with Crippen LogP contribution in [0.2, 0.25) is 0 Å². The van der Waals surface area contributed by atoms with Crippen LogP contribution >= 0.6 is 11.3 Å². The monoisotopic (exact) mass is 455 g/mol. The molecule has 0 spiro atoms. The number of aromatic nitrogens is 3. The van der Waals surface area contributed by atoms with E-state index in [9.17, 15) is 18.5 Å². The first-order valence-corrected chi connectivity index (χ1v) is 12.0. The summed E-state index contributed by atoms with van der Waals surface area (Å²) in [6.45, 7) is 7.98. The van der Waals surface area contributed by atoms with Crippen molar-refractivity contribution < 1.29 is 13.2 Å². The molecule has 3 rings (SSSR count). The fourth-order valence-electron chi connectivity index (χ4n) is 3.31. The zero-order valence-electron chi connectivity index (χ0n) is 17.7. The van der Waals surface area contributed by atoms with Crippen LogP contribution in [0.3, 0.4) is 0 Å². The normalized spacial score (nSPS) is 11.9. The number of hydrogen-bond donors (Lipinski definition) is 1. The summed E-state index contributed by atoms with van der Waals surface area (Å²) in [5.74, 6) is -0.685. The van der Waals surface area contributed by atoms with Crippen LogP contribution in [-0.2, 0) is 14.6 Å². The van der Waals surface area contributed by atoms with Crippen LogP contribution in [0.4, 0.5) is 5.13 Å². The lowest BCUT2D eigenvalue weighted by Crippen LogP contribution is -2.13. The van der Waals surface area contributed by atoms with Crippen molar-refractivity contribution in [2.45, 2.75) is 32.0 Å². The van der Waals surface area contributed by atoms with Gasteiger partial charge in [-0.25, -0.2) is 8.42 Å². The molecule has 1 aromatic carbocycles. The van der Waals surface area contributed by atoms with Gasteiger partial charge in [-0.2, -0.15) is 5.26 Å². The third-order valence-electron chi connectivity index (χ3n) is 4.74. The minimum atomic E-state index is -3.52. The SMILES string of the molecule is Cc1cccc(C)c1-n1c(C)cc(/C=C(/C#N)C(=O)Nc2nnc(S(C)(=O)=O)s2)c1C. The molecule has 0 saturated heterocycles. The lowest BCUT2D eigenvalue weighted by molar-refractivity contribution is -0.112. The van der Waals surface area contributed by atoms with Gasteiger partial charge in [0, 0.05) is 17.6 Å². The second-order valence-electron chi connectivity index (χ2n) is 7.17. The van der Waals surface area contributed by atoms with Crippen LogP contribution in [-0.4, -0.2) is 35.3 Å². The molecule has 1 amide bonds. The molecule has 160 valence electrons. The Hall–Kier alpha value is -3.29. The minimum Gasteiger partial charge on any atom is -0.317 e. The van der Waals surface area contributed by atoms with Crippen molar-refractivity contribution in [2.24, 2.45) is 0 Å². The van der Waals surface area contributed by atoms with Gasteiger partial charge in [-0.05, 0) is 56.5 Å². The highest BCUT2D eigenvalue weighted by molar-refractivity contribution is 7.92. The number of sulfone groups is 1. The summed E-state index contributed by atoms with van der Waals surface area (Å²) in [6, 6.07) is 9.90. The van der Waals surface area contributed by atoms with Crippen molar-refractivity contribution in [3.8, 4) is 11.8 Å². The van der Waals surface area contributed by atoms with E-state index in [0.717, 1.165) is 51.4 Å². The van der Waals surface area contributed by atoms with Gasteiger partial charge in [-0.15, -0.1) is 10.2 Å². The number of hydrogen-bond acceptors (Lipinski definition) is 7. The van der Waals surface area contributed by atoms with Gasteiger partial charge in [0.25, 0.3) is 5.91 Å². The molecule has 0 aliphatic rings. The number of carbonyl (C=O) groups is 1. The van der Waals surface area contributed by atoms with Crippen LogP contribution in [0.15, 0.2) is 34.2 Å². The van der Waals surface area contributed by atoms with Crippen LogP contribution in [0.25, 0.3) is 11.8 Å². The predicted molar refractivity (Wildman–Crippen MR) is 120 cm³/mol. The topological polar surface area (TPSA) is 118 Å². The van der Waals surface area contributed by atoms with Gasteiger partial charge in [0.15, 0.2) is 0 Å². The van der Waals surface area contributed by atoms with Gasteiger partial charge in [0.05, 0.1) is 5.69 Å². The molecule has 31 heavy (non-hydrogen) atoms. The number of carbonyl (C=O) groups excluding carboxylic acids is 1. The molecule has 0 aliphatic heterocycles. The summed E-state index contributed by atoms with van der Waals surface area (Å²) < 4.78 is 25.0. The van der Waals surface area contributed by atoms with E-state index in [2.05, 4.69) is 20.1 Å². The fourth-order valence-corrected chi connectivity index (χ4v) is 4.82. The zero-order chi connectivity index (χ0) is 22.9. The molecular weight excluding hydrogens is 434 g/mol. The van der Waals surface area contributed by atoms with Crippen LogP contribution in [0.1, 0.15) is 28.1 Å². The number of nitrogens with zero attached hydrogens (tertiary/aromatic N) is 4. The molecule has 0 saturated carbocycles. The fraction of sp³-hybridized carbons (Fsp3) is 0.238. The molecule has 0 aliphatic carbocycles. The maximum Gasteiger partial charge on any atom is 0.268 e. The Morgan fingerprint density at radius 3 is 2.39 bits per heavy atom. The molecule has 2 aromatic heterocycles. The third kappa shape index (κ3) is 4.57. The molecule has 10 heteroatoms. The summed E-state index contributed by atoms with van der Waals surface area (Å²) >= 11 is 0.730. The Balaban J connectivity index is 1.96. The van der Waals surface area contributed by atoms with Crippen molar-refractivity contribution in [1.29, 1.82) is 5.26 Å². The van der Waals surface area contributed by atoms with E-state index in [4.69, 9.17) is 0 Å². The Kier molecular flexibility index (Phi) is 6.10. The van der Waals surface area contributed by atoms with Gasteiger partial charge in [0.2, 0.25) is 19.3 Å². The van der Waals surface area contributed by atoms with Crippen molar-refractivity contribution in [1.82, 2.24) is 14.8 Å². The second kappa shape index (κ2) is 8.45. The Morgan fingerprint density at radius 1 is 1.19 bits per heavy atom. The third-order valence-corrected chi connectivity index (χ3v) is 7.25. The first-order chi connectivity index (χ1) is 14.5. The molecule has 0 fully saturated rings. The van der Waals surface area contributed by atoms with Crippen LogP contribution < -0.4 is 5.32 Å². The van der Waals surface area contributed by atoms with E-state index in [1.54, 1.807) is 0 Å². The summed E-state index contributed by atoms with van der Waals surface area (Å²) in [5, 5.41) is 19.2. The maximum atomic E-state index is 12.6. The molecule has 1 N–H and O–H groups in total. The number of rotatable bonds is 5. The lowest BCUT2D eigenvalue weighted by Gasteiger charge is -2.15. The number of aryl methyl sites for hydroxylation is 3. The molecule has 3 aromatic rings. The summed E-state index contributed by atoms with van der Waals surface area (Å²) in [7, 11) is -3.52. The summed E-state index contributed by atoms with van der Waals surface area (Å²) in [6.07, 6.45) is 2.52. The molecule has 0 unspecified atom stereocenters. The lowest BCUT2D eigenvalue weighted by atomic mass is 10.1. The smallest absolute Gasteiger partial charge is 0.268 e. The molecular formula is C21H21N5O3S2. The molecule has 0 bridgehead atoms. The number of nitrogens with one attached hydrogen (secondary N) is 1. The predicted octanol–water partition coefficient (Wildman–Crippen LogP) is 3.51. The number of anilines is 1. The van der Waals surface area contributed by atoms with Gasteiger partial charge in [0.1, 0.15) is 11.6 Å². The second-order valence-corrected chi connectivity index (χ2v) is 10.3. The van der Waals surface area contributed by atoms with Crippen molar-refractivity contribution >= 4 is 38.3 Å². The quantitative estimate of drug-likeness (QED) is 0.357. The number of benzene rings is 1. The molecule has 8 nitrogen and oxygen atoms in total. The van der Waals surface area contributed by atoms with Gasteiger partial charge < -0.3 is 4.57 Å².